The molecule has 0 aromatic carbocycles. The van der Waals surface area contributed by atoms with Crippen molar-refractivity contribution >= 4 is 5.82 Å². The molecule has 0 amide bonds. The first-order valence-corrected chi connectivity index (χ1v) is 4.94. The monoisotopic (exact) mass is 250 g/mol. The van der Waals surface area contributed by atoms with Crippen molar-refractivity contribution in [2.24, 2.45) is 5.84 Å². The summed E-state index contributed by atoms with van der Waals surface area (Å²) in [5, 5.41) is 0. The van der Waals surface area contributed by atoms with Crippen LogP contribution < -0.4 is 16.0 Å². The van der Waals surface area contributed by atoms with Crippen molar-refractivity contribution in [2.45, 2.75) is 32.5 Å². The molecule has 0 fully saturated rings. The van der Waals surface area contributed by atoms with Crippen LogP contribution in [0.4, 0.5) is 19.0 Å². The standard InChI is InChI=1S/C9H13F3N4O/c1-3-6-14-7(16-13)4-8(15-6)17-5(2)9(10,11)12/h4-5H,3,13H2,1-2H3,(H,14,15,16). The largest absolute Gasteiger partial charge is 0.465 e. The van der Waals surface area contributed by atoms with Gasteiger partial charge in [0.25, 0.3) is 0 Å². The van der Waals surface area contributed by atoms with Gasteiger partial charge >= 0.3 is 6.18 Å². The molecule has 0 aliphatic rings. The van der Waals surface area contributed by atoms with Crippen LogP contribution in [0.3, 0.4) is 0 Å². The Morgan fingerprint density at radius 3 is 2.59 bits per heavy atom. The van der Waals surface area contributed by atoms with Gasteiger partial charge in [0, 0.05) is 12.5 Å². The first-order valence-electron chi connectivity index (χ1n) is 4.94. The van der Waals surface area contributed by atoms with E-state index in [9.17, 15) is 13.2 Å². The quantitative estimate of drug-likeness (QED) is 0.628. The average Bonchev–Trinajstić information content (AvgIpc) is 2.27. The number of nitrogens with two attached hydrogens (primary N) is 1. The fraction of sp³-hybridized carbons (Fsp3) is 0.556. The molecule has 0 spiro atoms. The second-order valence-corrected chi connectivity index (χ2v) is 3.31. The first kappa shape index (κ1) is 13.5. The Kier molecular flexibility index (Phi) is 4.11. The number of nitrogen functional groups attached to an aromatic ring is 1. The SMILES string of the molecule is CCc1nc(NN)cc(OC(C)C(F)(F)F)n1. The summed E-state index contributed by atoms with van der Waals surface area (Å²) < 4.78 is 41.6. The van der Waals surface area contributed by atoms with Crippen LogP contribution in [-0.4, -0.2) is 22.2 Å². The molecule has 1 heterocycles. The number of hydrogen-bond acceptors (Lipinski definition) is 5. The van der Waals surface area contributed by atoms with Gasteiger partial charge in [-0.25, -0.2) is 10.8 Å². The van der Waals surface area contributed by atoms with E-state index in [1.807, 2.05) is 0 Å². The van der Waals surface area contributed by atoms with E-state index in [1.165, 1.54) is 6.07 Å². The molecule has 1 rings (SSSR count). The number of hydrogen-bond donors (Lipinski definition) is 2. The lowest BCUT2D eigenvalue weighted by atomic mass is 10.4. The van der Waals surface area contributed by atoms with Gasteiger partial charge in [-0.1, -0.05) is 6.92 Å². The fourth-order valence-corrected chi connectivity index (χ4v) is 1.01. The Morgan fingerprint density at radius 2 is 2.12 bits per heavy atom. The van der Waals surface area contributed by atoms with E-state index in [4.69, 9.17) is 10.6 Å². The van der Waals surface area contributed by atoms with Gasteiger partial charge < -0.3 is 10.2 Å². The summed E-state index contributed by atoms with van der Waals surface area (Å²) in [6, 6.07) is 1.21. The second-order valence-electron chi connectivity index (χ2n) is 3.31. The van der Waals surface area contributed by atoms with Gasteiger partial charge in [-0.05, 0) is 6.92 Å². The molecule has 1 atom stereocenters. The highest BCUT2D eigenvalue weighted by Gasteiger charge is 2.38. The average molecular weight is 250 g/mol. The molecule has 1 aromatic heterocycles. The molecule has 0 aliphatic carbocycles. The van der Waals surface area contributed by atoms with Gasteiger partial charge in [0.15, 0.2) is 6.10 Å². The van der Waals surface area contributed by atoms with Crippen molar-refractivity contribution in [3.63, 3.8) is 0 Å². The summed E-state index contributed by atoms with van der Waals surface area (Å²) in [6.45, 7) is 2.68. The van der Waals surface area contributed by atoms with Crippen LogP contribution in [0.5, 0.6) is 5.88 Å². The van der Waals surface area contributed by atoms with E-state index in [1.54, 1.807) is 6.92 Å². The van der Waals surface area contributed by atoms with Crippen LogP contribution in [0.2, 0.25) is 0 Å². The predicted molar refractivity (Wildman–Crippen MR) is 55.4 cm³/mol. The van der Waals surface area contributed by atoms with Crippen molar-refractivity contribution in [1.82, 2.24) is 9.97 Å². The normalized spacial score (nSPS) is 13.3. The maximum absolute atomic E-state index is 12.3. The molecule has 0 radical (unpaired) electrons. The highest BCUT2D eigenvalue weighted by Crippen LogP contribution is 2.24. The lowest BCUT2D eigenvalue weighted by Crippen LogP contribution is -2.31. The minimum Gasteiger partial charge on any atom is -0.465 e. The Bertz CT molecular complexity index is 361. The summed E-state index contributed by atoms with van der Waals surface area (Å²) in [6.07, 6.45) is -5.91. The van der Waals surface area contributed by atoms with Crippen molar-refractivity contribution in [3.8, 4) is 5.88 Å². The molecule has 3 N–H and O–H groups in total. The molecule has 1 unspecified atom stereocenters. The number of ether oxygens (including phenoxy) is 1. The molecule has 17 heavy (non-hydrogen) atoms. The third kappa shape index (κ3) is 3.74. The van der Waals surface area contributed by atoms with Gasteiger partial charge in [-0.2, -0.15) is 18.2 Å². The van der Waals surface area contributed by atoms with Crippen LogP contribution in [0.15, 0.2) is 6.07 Å². The Hall–Kier alpha value is -1.57. The zero-order chi connectivity index (χ0) is 13.1. The molecule has 0 saturated carbocycles. The van der Waals surface area contributed by atoms with Crippen molar-refractivity contribution < 1.29 is 17.9 Å². The summed E-state index contributed by atoms with van der Waals surface area (Å²) in [7, 11) is 0. The Morgan fingerprint density at radius 1 is 1.47 bits per heavy atom. The van der Waals surface area contributed by atoms with Crippen molar-refractivity contribution in [1.29, 1.82) is 0 Å². The third-order valence-corrected chi connectivity index (χ3v) is 1.97. The molecule has 0 bridgehead atoms. The molecule has 5 nitrogen and oxygen atoms in total. The van der Waals surface area contributed by atoms with E-state index in [0.717, 1.165) is 6.92 Å². The lowest BCUT2D eigenvalue weighted by Gasteiger charge is -2.17. The number of hydrazine groups is 1. The number of aromatic nitrogens is 2. The molecule has 8 heteroatoms. The minimum atomic E-state index is -4.44. The Balaban J connectivity index is 2.90. The number of nitrogens with zero attached hydrogens (tertiary/aromatic N) is 2. The number of anilines is 1. The van der Waals surface area contributed by atoms with E-state index in [-0.39, 0.29) is 11.7 Å². The lowest BCUT2D eigenvalue weighted by molar-refractivity contribution is -0.190. The maximum atomic E-state index is 12.3. The summed E-state index contributed by atoms with van der Waals surface area (Å²) in [5.41, 5.74) is 2.24. The smallest absolute Gasteiger partial charge is 0.425 e. The number of halogens is 3. The van der Waals surface area contributed by atoms with Gasteiger partial charge in [0.05, 0.1) is 0 Å². The zero-order valence-corrected chi connectivity index (χ0v) is 9.38. The molecule has 96 valence electrons. The van der Waals surface area contributed by atoms with Crippen molar-refractivity contribution in [2.75, 3.05) is 5.43 Å². The molecular weight excluding hydrogens is 237 g/mol. The topological polar surface area (TPSA) is 73.1 Å². The van der Waals surface area contributed by atoms with Crippen LogP contribution >= 0.6 is 0 Å². The second kappa shape index (κ2) is 5.17. The van der Waals surface area contributed by atoms with Crippen LogP contribution in [0.25, 0.3) is 0 Å². The third-order valence-electron chi connectivity index (χ3n) is 1.97. The van der Waals surface area contributed by atoms with Crippen LogP contribution in [0.1, 0.15) is 19.7 Å². The van der Waals surface area contributed by atoms with E-state index in [0.29, 0.717) is 12.2 Å². The number of alkyl halides is 3. The van der Waals surface area contributed by atoms with E-state index >= 15 is 0 Å². The predicted octanol–water partition coefficient (Wildman–Crippen LogP) is 1.65. The number of rotatable bonds is 4. The molecular formula is C9H13F3N4O. The van der Waals surface area contributed by atoms with Crippen LogP contribution in [-0.2, 0) is 6.42 Å². The summed E-state index contributed by atoms with van der Waals surface area (Å²) >= 11 is 0. The van der Waals surface area contributed by atoms with Gasteiger partial charge in [0.1, 0.15) is 11.6 Å². The molecule has 0 saturated heterocycles. The molecule has 1 aromatic rings. The zero-order valence-electron chi connectivity index (χ0n) is 9.38. The summed E-state index contributed by atoms with van der Waals surface area (Å²) in [4.78, 5) is 7.76. The van der Waals surface area contributed by atoms with Gasteiger partial charge in [0.2, 0.25) is 5.88 Å². The van der Waals surface area contributed by atoms with Crippen LogP contribution in [0, 0.1) is 0 Å². The van der Waals surface area contributed by atoms with Gasteiger partial charge in [-0.3, -0.25) is 0 Å². The minimum absolute atomic E-state index is 0.158. The maximum Gasteiger partial charge on any atom is 0.425 e. The molecule has 0 aliphatic heterocycles. The summed E-state index contributed by atoms with van der Waals surface area (Å²) in [5.74, 6) is 5.54. The number of nitrogens with one attached hydrogen (secondary N) is 1. The van der Waals surface area contributed by atoms with E-state index in [2.05, 4.69) is 15.4 Å². The van der Waals surface area contributed by atoms with Gasteiger partial charge in [-0.15, -0.1) is 0 Å². The highest BCUT2D eigenvalue weighted by molar-refractivity contribution is 5.37. The van der Waals surface area contributed by atoms with Crippen molar-refractivity contribution in [3.05, 3.63) is 11.9 Å². The Labute approximate surface area is 96.2 Å². The van der Waals surface area contributed by atoms with E-state index < -0.39 is 12.3 Å². The fourth-order valence-electron chi connectivity index (χ4n) is 1.01. The number of aryl methyl sites for hydroxylation is 1. The highest BCUT2D eigenvalue weighted by atomic mass is 19.4. The first-order chi connectivity index (χ1) is 7.86.